The molecule has 2 aromatic rings. The minimum absolute atomic E-state index is 0.156. The van der Waals surface area contributed by atoms with Crippen molar-refractivity contribution in [2.24, 2.45) is 7.05 Å². The summed E-state index contributed by atoms with van der Waals surface area (Å²) in [5.74, 6) is 0.924. The first-order valence-electron chi connectivity index (χ1n) is 5.24. The molecule has 0 aliphatic heterocycles. The highest BCUT2D eigenvalue weighted by Gasteiger charge is 2.11. The number of H-pyrrole nitrogens is 1. The van der Waals surface area contributed by atoms with E-state index in [0.717, 1.165) is 23.8 Å². The van der Waals surface area contributed by atoms with Crippen LogP contribution in [0.15, 0.2) is 12.7 Å². The second-order valence-electron chi connectivity index (χ2n) is 3.88. The lowest BCUT2D eigenvalue weighted by Crippen LogP contribution is -2.21. The monoisotopic (exact) mass is 220 g/mol. The minimum Gasteiger partial charge on any atom is -0.348 e. The fourth-order valence-electron chi connectivity index (χ4n) is 1.59. The molecule has 2 N–H and O–H groups in total. The molecule has 0 amide bonds. The van der Waals surface area contributed by atoms with Crippen LogP contribution in [0.3, 0.4) is 0 Å². The fraction of sp³-hybridized carbons (Fsp3) is 0.500. The zero-order valence-electron chi connectivity index (χ0n) is 9.73. The van der Waals surface area contributed by atoms with E-state index in [0.29, 0.717) is 0 Å². The highest BCUT2D eigenvalue weighted by atomic mass is 15.3. The summed E-state index contributed by atoms with van der Waals surface area (Å²) >= 11 is 0. The van der Waals surface area contributed by atoms with Crippen molar-refractivity contribution in [2.75, 3.05) is 0 Å². The SMILES string of the molecule is Cc1[nH]cnc1CNC(C)c1nncn1C. The summed E-state index contributed by atoms with van der Waals surface area (Å²) in [5, 5.41) is 11.3. The third-order valence-electron chi connectivity index (χ3n) is 2.64. The number of aromatic amines is 1. The standard InChI is InChI=1S/C10H16N6/c1-7-9(13-5-12-7)4-11-8(2)10-15-14-6-16(10)3/h5-6,8,11H,4H2,1-3H3,(H,12,13). The van der Waals surface area contributed by atoms with Crippen LogP contribution in [0.25, 0.3) is 0 Å². The Balaban J connectivity index is 1.97. The van der Waals surface area contributed by atoms with Crippen molar-refractivity contribution in [1.82, 2.24) is 30.0 Å². The molecule has 0 fully saturated rings. The van der Waals surface area contributed by atoms with Gasteiger partial charge in [-0.05, 0) is 13.8 Å². The predicted molar refractivity (Wildman–Crippen MR) is 59.6 cm³/mol. The van der Waals surface area contributed by atoms with E-state index in [9.17, 15) is 0 Å². The van der Waals surface area contributed by atoms with Gasteiger partial charge in [0, 0.05) is 19.3 Å². The molecule has 16 heavy (non-hydrogen) atoms. The van der Waals surface area contributed by atoms with Crippen LogP contribution in [-0.2, 0) is 13.6 Å². The second-order valence-corrected chi connectivity index (χ2v) is 3.88. The van der Waals surface area contributed by atoms with E-state index in [1.165, 1.54) is 0 Å². The van der Waals surface area contributed by atoms with Gasteiger partial charge in [-0.1, -0.05) is 0 Å². The number of hydrogen-bond acceptors (Lipinski definition) is 4. The summed E-state index contributed by atoms with van der Waals surface area (Å²) < 4.78 is 1.91. The molecule has 6 heteroatoms. The number of aromatic nitrogens is 5. The first-order chi connectivity index (χ1) is 7.68. The summed E-state index contributed by atoms with van der Waals surface area (Å²) in [6.45, 7) is 4.80. The normalized spacial score (nSPS) is 12.9. The zero-order chi connectivity index (χ0) is 11.5. The Morgan fingerprint density at radius 3 is 2.94 bits per heavy atom. The van der Waals surface area contributed by atoms with Crippen LogP contribution in [0.1, 0.15) is 30.2 Å². The molecule has 1 atom stereocenters. The summed E-state index contributed by atoms with van der Waals surface area (Å²) in [6, 6.07) is 0.156. The maximum atomic E-state index is 4.23. The summed E-state index contributed by atoms with van der Waals surface area (Å²) in [5.41, 5.74) is 2.13. The number of rotatable bonds is 4. The van der Waals surface area contributed by atoms with E-state index in [1.54, 1.807) is 12.7 Å². The van der Waals surface area contributed by atoms with Crippen LogP contribution >= 0.6 is 0 Å². The molecular weight excluding hydrogens is 204 g/mol. The molecule has 0 aliphatic rings. The lowest BCUT2D eigenvalue weighted by Gasteiger charge is -2.11. The van der Waals surface area contributed by atoms with Crippen LogP contribution in [0.4, 0.5) is 0 Å². The van der Waals surface area contributed by atoms with Crippen LogP contribution in [0.5, 0.6) is 0 Å². The highest BCUT2D eigenvalue weighted by Crippen LogP contribution is 2.09. The van der Waals surface area contributed by atoms with Crippen molar-refractivity contribution >= 4 is 0 Å². The molecule has 1 unspecified atom stereocenters. The van der Waals surface area contributed by atoms with Gasteiger partial charge in [0.2, 0.25) is 0 Å². The Morgan fingerprint density at radius 2 is 2.38 bits per heavy atom. The van der Waals surface area contributed by atoms with Crippen molar-refractivity contribution in [3.63, 3.8) is 0 Å². The molecule has 2 rings (SSSR count). The largest absolute Gasteiger partial charge is 0.348 e. The van der Waals surface area contributed by atoms with Gasteiger partial charge in [-0.15, -0.1) is 10.2 Å². The number of aryl methyl sites for hydroxylation is 2. The van der Waals surface area contributed by atoms with E-state index < -0.39 is 0 Å². The molecule has 0 saturated carbocycles. The van der Waals surface area contributed by atoms with Crippen molar-refractivity contribution in [3.8, 4) is 0 Å². The third kappa shape index (κ3) is 2.11. The lowest BCUT2D eigenvalue weighted by atomic mass is 10.3. The van der Waals surface area contributed by atoms with E-state index in [-0.39, 0.29) is 6.04 Å². The molecule has 86 valence electrons. The number of imidazole rings is 1. The maximum Gasteiger partial charge on any atom is 0.149 e. The van der Waals surface area contributed by atoms with Gasteiger partial charge in [-0.25, -0.2) is 4.98 Å². The Bertz CT molecular complexity index is 457. The first kappa shape index (κ1) is 10.8. The highest BCUT2D eigenvalue weighted by molar-refractivity contribution is 5.08. The van der Waals surface area contributed by atoms with E-state index in [2.05, 4.69) is 32.4 Å². The van der Waals surface area contributed by atoms with E-state index in [4.69, 9.17) is 0 Å². The van der Waals surface area contributed by atoms with Crippen molar-refractivity contribution in [1.29, 1.82) is 0 Å². The Kier molecular flexibility index (Phi) is 3.00. The third-order valence-corrected chi connectivity index (χ3v) is 2.64. The zero-order valence-corrected chi connectivity index (χ0v) is 9.73. The van der Waals surface area contributed by atoms with Gasteiger partial charge in [-0.3, -0.25) is 0 Å². The van der Waals surface area contributed by atoms with Gasteiger partial charge in [0.05, 0.1) is 18.1 Å². The first-order valence-corrected chi connectivity index (χ1v) is 5.24. The minimum atomic E-state index is 0.156. The van der Waals surface area contributed by atoms with E-state index in [1.807, 2.05) is 18.5 Å². The molecule has 0 spiro atoms. The molecule has 6 nitrogen and oxygen atoms in total. The maximum absolute atomic E-state index is 4.23. The predicted octanol–water partition coefficient (Wildman–Crippen LogP) is 0.697. The second kappa shape index (κ2) is 4.44. The van der Waals surface area contributed by atoms with Crippen LogP contribution in [-0.4, -0.2) is 24.7 Å². The summed E-state index contributed by atoms with van der Waals surface area (Å²) in [6.07, 6.45) is 3.41. The molecule has 0 bridgehead atoms. The average molecular weight is 220 g/mol. The van der Waals surface area contributed by atoms with Crippen LogP contribution < -0.4 is 5.32 Å². The smallest absolute Gasteiger partial charge is 0.149 e. The molecule has 0 aliphatic carbocycles. The summed E-state index contributed by atoms with van der Waals surface area (Å²) in [7, 11) is 1.94. The van der Waals surface area contributed by atoms with Gasteiger partial charge in [0.1, 0.15) is 12.2 Å². The van der Waals surface area contributed by atoms with E-state index >= 15 is 0 Å². The van der Waals surface area contributed by atoms with Crippen LogP contribution in [0.2, 0.25) is 0 Å². The molecule has 2 heterocycles. The Morgan fingerprint density at radius 1 is 1.56 bits per heavy atom. The van der Waals surface area contributed by atoms with Gasteiger partial charge < -0.3 is 14.9 Å². The summed E-state index contributed by atoms with van der Waals surface area (Å²) in [4.78, 5) is 7.28. The molecule has 0 saturated heterocycles. The molecule has 0 radical (unpaired) electrons. The van der Waals surface area contributed by atoms with Crippen molar-refractivity contribution < 1.29 is 0 Å². The fourth-order valence-corrected chi connectivity index (χ4v) is 1.59. The van der Waals surface area contributed by atoms with Gasteiger partial charge >= 0.3 is 0 Å². The van der Waals surface area contributed by atoms with Crippen molar-refractivity contribution in [3.05, 3.63) is 29.9 Å². The average Bonchev–Trinajstić information content (AvgIpc) is 2.84. The van der Waals surface area contributed by atoms with Crippen molar-refractivity contribution in [2.45, 2.75) is 26.4 Å². The molecule has 2 aromatic heterocycles. The molecule has 0 aromatic carbocycles. The lowest BCUT2D eigenvalue weighted by molar-refractivity contribution is 0.523. The Hall–Kier alpha value is -1.69. The van der Waals surface area contributed by atoms with Crippen LogP contribution in [0, 0.1) is 6.92 Å². The van der Waals surface area contributed by atoms with Gasteiger partial charge in [0.25, 0.3) is 0 Å². The van der Waals surface area contributed by atoms with Gasteiger partial charge in [0.15, 0.2) is 0 Å². The molecular formula is C10H16N6. The number of nitrogens with one attached hydrogen (secondary N) is 2. The topological polar surface area (TPSA) is 71.4 Å². The Labute approximate surface area is 94.1 Å². The number of nitrogens with zero attached hydrogens (tertiary/aromatic N) is 4. The van der Waals surface area contributed by atoms with Gasteiger partial charge in [-0.2, -0.15) is 0 Å². The number of hydrogen-bond donors (Lipinski definition) is 2. The quantitative estimate of drug-likeness (QED) is 0.795.